The number of hydrogen-bond donors (Lipinski definition) is 2. The minimum Gasteiger partial charge on any atom is -0.449 e. The molecular weight excluding hydrogens is 393 g/mol. The number of nitrogens with one attached hydrogen (secondary N) is 1. The molecule has 0 unspecified atom stereocenters. The number of carbonyl (C=O) groups excluding carboxylic acids is 1. The average Bonchev–Trinajstić information content (AvgIpc) is 3.01. The highest BCUT2D eigenvalue weighted by Gasteiger charge is 2.34. The highest BCUT2D eigenvalue weighted by Crippen LogP contribution is 2.39. The minimum absolute atomic E-state index is 0.0120. The van der Waals surface area contributed by atoms with E-state index in [0.717, 1.165) is 12.1 Å². The van der Waals surface area contributed by atoms with Gasteiger partial charge in [-0.15, -0.1) is 0 Å². The fourth-order valence-electron chi connectivity index (χ4n) is 3.60. The predicted molar refractivity (Wildman–Crippen MR) is 96.9 cm³/mol. The van der Waals surface area contributed by atoms with E-state index in [-0.39, 0.29) is 42.2 Å². The first kappa shape index (κ1) is 20.0. The van der Waals surface area contributed by atoms with Gasteiger partial charge in [-0.1, -0.05) is 0 Å². The van der Waals surface area contributed by atoms with Gasteiger partial charge in [0, 0.05) is 25.0 Å². The van der Waals surface area contributed by atoms with Gasteiger partial charge in [0.25, 0.3) is 5.91 Å². The average molecular weight is 414 g/mol. The van der Waals surface area contributed by atoms with Crippen LogP contribution < -0.4 is 10.2 Å². The van der Waals surface area contributed by atoms with E-state index in [9.17, 15) is 18.0 Å². The van der Waals surface area contributed by atoms with Gasteiger partial charge in [-0.05, 0) is 24.6 Å². The number of rotatable bonds is 4. The number of halogens is 3. The zero-order valence-electron chi connectivity index (χ0n) is 15.5. The number of amides is 1. The Bertz CT molecular complexity index is 890. The molecule has 1 aromatic carbocycles. The third-order valence-corrected chi connectivity index (χ3v) is 5.14. The van der Waals surface area contributed by atoms with Gasteiger partial charge >= 0.3 is 6.18 Å². The highest BCUT2D eigenvalue weighted by atomic mass is 19.4. The summed E-state index contributed by atoms with van der Waals surface area (Å²) in [7, 11) is 0. The second kappa shape index (κ2) is 7.85. The lowest BCUT2D eigenvalue weighted by Crippen LogP contribution is -2.40. The normalized spacial score (nSPS) is 23.0. The summed E-state index contributed by atoms with van der Waals surface area (Å²) in [5.74, 6) is -0.437. The number of anilines is 1. The van der Waals surface area contributed by atoms with Crippen LogP contribution in [0, 0.1) is 0 Å². The monoisotopic (exact) mass is 414 g/mol. The minimum atomic E-state index is -4.49. The highest BCUT2D eigenvalue weighted by molar-refractivity contribution is 6.07. The first-order chi connectivity index (χ1) is 13.9. The van der Waals surface area contributed by atoms with Crippen LogP contribution in [0.25, 0.3) is 11.0 Å². The number of fused-ring (bicyclic) bond motifs is 3. The molecule has 0 bridgehead atoms. The van der Waals surface area contributed by atoms with Gasteiger partial charge in [0.1, 0.15) is 11.7 Å². The lowest BCUT2D eigenvalue weighted by Gasteiger charge is -2.30. The van der Waals surface area contributed by atoms with Crippen molar-refractivity contribution in [1.82, 2.24) is 5.32 Å². The van der Waals surface area contributed by atoms with E-state index in [0.29, 0.717) is 38.3 Å². The number of benzene rings is 1. The molecule has 29 heavy (non-hydrogen) atoms. The van der Waals surface area contributed by atoms with Gasteiger partial charge in [-0.3, -0.25) is 4.79 Å². The van der Waals surface area contributed by atoms with E-state index < -0.39 is 17.6 Å². The van der Waals surface area contributed by atoms with Crippen molar-refractivity contribution in [3.63, 3.8) is 0 Å². The quantitative estimate of drug-likeness (QED) is 0.798. The molecule has 0 saturated carbocycles. The van der Waals surface area contributed by atoms with Crippen LogP contribution in [0.5, 0.6) is 0 Å². The van der Waals surface area contributed by atoms with E-state index in [4.69, 9.17) is 19.0 Å². The first-order valence-electron chi connectivity index (χ1n) is 9.37. The van der Waals surface area contributed by atoms with Gasteiger partial charge < -0.3 is 29.2 Å². The van der Waals surface area contributed by atoms with Crippen LogP contribution in [0.2, 0.25) is 0 Å². The molecular formula is C19H21F3N2O5. The van der Waals surface area contributed by atoms with Gasteiger partial charge in [-0.2, -0.15) is 13.2 Å². The number of nitrogens with zero attached hydrogens (tertiary/aromatic N) is 1. The van der Waals surface area contributed by atoms with Crippen LogP contribution in [0.15, 0.2) is 22.6 Å². The summed E-state index contributed by atoms with van der Waals surface area (Å²) in [5.41, 5.74) is -0.198. The summed E-state index contributed by atoms with van der Waals surface area (Å²) in [6.45, 7) is 1.72. The molecule has 0 radical (unpaired) electrons. The molecule has 1 aromatic heterocycles. The standard InChI is InChI=1S/C19H21F3N2O5/c20-19(21,22)11-1-2-15-14(7-11)16-17(29-15)18(26)23-4-6-24(16)5-3-12-9-28-13(8-25)10-27-12/h1-2,7,12-13,25H,3-6,8-10H2,(H,23,26)/t12-,13+/m0/s1. The number of hydrogen-bond acceptors (Lipinski definition) is 6. The maximum absolute atomic E-state index is 13.2. The van der Waals surface area contributed by atoms with E-state index >= 15 is 0 Å². The second-order valence-electron chi connectivity index (χ2n) is 7.11. The molecule has 2 aliphatic heterocycles. The largest absolute Gasteiger partial charge is 0.449 e. The van der Waals surface area contributed by atoms with Crippen molar-refractivity contribution >= 4 is 22.6 Å². The zero-order valence-corrected chi connectivity index (χ0v) is 15.5. The number of ether oxygens (including phenoxy) is 2. The van der Waals surface area contributed by atoms with Crippen molar-refractivity contribution in [1.29, 1.82) is 0 Å². The van der Waals surface area contributed by atoms with Crippen LogP contribution in [-0.4, -0.2) is 62.7 Å². The first-order valence-corrected chi connectivity index (χ1v) is 9.37. The molecule has 1 saturated heterocycles. The Kier molecular flexibility index (Phi) is 5.41. The molecule has 2 atom stereocenters. The van der Waals surface area contributed by atoms with Crippen LogP contribution in [-0.2, 0) is 15.7 Å². The summed E-state index contributed by atoms with van der Waals surface area (Å²) in [5, 5.41) is 12.1. The van der Waals surface area contributed by atoms with Crippen molar-refractivity contribution in [3.05, 3.63) is 29.5 Å². The molecule has 1 amide bonds. The van der Waals surface area contributed by atoms with Crippen LogP contribution in [0.3, 0.4) is 0 Å². The summed E-state index contributed by atoms with van der Waals surface area (Å²) >= 11 is 0. The number of aliphatic hydroxyl groups is 1. The number of furan rings is 1. The van der Waals surface area contributed by atoms with Gasteiger partial charge in [0.15, 0.2) is 0 Å². The van der Waals surface area contributed by atoms with Crippen LogP contribution >= 0.6 is 0 Å². The van der Waals surface area contributed by atoms with Crippen LogP contribution in [0.1, 0.15) is 22.5 Å². The van der Waals surface area contributed by atoms with E-state index in [1.807, 2.05) is 4.90 Å². The van der Waals surface area contributed by atoms with Crippen LogP contribution in [0.4, 0.5) is 18.9 Å². The lowest BCUT2D eigenvalue weighted by molar-refractivity contribution is -0.145. The Balaban J connectivity index is 1.61. The Morgan fingerprint density at radius 2 is 1.97 bits per heavy atom. The molecule has 0 spiro atoms. The summed E-state index contributed by atoms with van der Waals surface area (Å²) < 4.78 is 56.3. The van der Waals surface area contributed by atoms with Crippen molar-refractivity contribution in [2.75, 3.05) is 44.4 Å². The Morgan fingerprint density at radius 1 is 1.21 bits per heavy atom. The third kappa shape index (κ3) is 4.05. The summed E-state index contributed by atoms with van der Waals surface area (Å²) in [6.07, 6.45) is -4.47. The van der Waals surface area contributed by atoms with Crippen molar-refractivity contribution < 1.29 is 37.0 Å². The molecule has 2 N–H and O–H groups in total. The summed E-state index contributed by atoms with van der Waals surface area (Å²) in [4.78, 5) is 14.2. The fourth-order valence-corrected chi connectivity index (χ4v) is 3.60. The molecule has 3 heterocycles. The number of carbonyl (C=O) groups is 1. The molecule has 0 aliphatic carbocycles. The molecule has 10 heteroatoms. The Labute approximate surface area is 164 Å². The predicted octanol–water partition coefficient (Wildman–Crippen LogP) is 2.17. The number of aliphatic hydroxyl groups excluding tert-OH is 1. The van der Waals surface area contributed by atoms with Crippen molar-refractivity contribution in [2.45, 2.75) is 24.8 Å². The van der Waals surface area contributed by atoms with E-state index in [1.54, 1.807) is 0 Å². The third-order valence-electron chi connectivity index (χ3n) is 5.14. The second-order valence-corrected chi connectivity index (χ2v) is 7.11. The maximum atomic E-state index is 13.2. The van der Waals surface area contributed by atoms with Gasteiger partial charge in [0.2, 0.25) is 5.76 Å². The molecule has 7 nitrogen and oxygen atoms in total. The SMILES string of the molecule is O=C1NCCN(CC[C@H]2CO[C@H](CO)CO2)c2c1oc1ccc(C(F)(F)F)cc21. The molecule has 2 aromatic rings. The van der Waals surface area contributed by atoms with E-state index in [2.05, 4.69) is 5.32 Å². The van der Waals surface area contributed by atoms with Gasteiger partial charge in [0.05, 0.1) is 37.2 Å². The molecule has 1 fully saturated rings. The topological polar surface area (TPSA) is 84.2 Å². The van der Waals surface area contributed by atoms with E-state index in [1.165, 1.54) is 6.07 Å². The lowest BCUT2D eigenvalue weighted by atomic mass is 10.1. The van der Waals surface area contributed by atoms with Crippen molar-refractivity contribution in [2.24, 2.45) is 0 Å². The molecule has 4 rings (SSSR count). The molecule has 158 valence electrons. The van der Waals surface area contributed by atoms with Gasteiger partial charge in [-0.25, -0.2) is 0 Å². The zero-order chi connectivity index (χ0) is 20.6. The Morgan fingerprint density at radius 3 is 2.66 bits per heavy atom. The van der Waals surface area contributed by atoms with Crippen molar-refractivity contribution in [3.8, 4) is 0 Å². The smallest absolute Gasteiger partial charge is 0.416 e. The maximum Gasteiger partial charge on any atom is 0.416 e. The molecule has 2 aliphatic rings. The Hall–Kier alpha value is -2.30. The summed E-state index contributed by atoms with van der Waals surface area (Å²) in [6, 6.07) is 3.21. The number of alkyl halides is 3. The fraction of sp³-hybridized carbons (Fsp3) is 0.526.